The summed E-state index contributed by atoms with van der Waals surface area (Å²) >= 11 is 0. The topological polar surface area (TPSA) is 73.9 Å². The van der Waals surface area contributed by atoms with Gasteiger partial charge in [0.25, 0.3) is 0 Å². The summed E-state index contributed by atoms with van der Waals surface area (Å²) in [7, 11) is 3.03. The Kier molecular flexibility index (Phi) is 6.42. The number of alkyl carbamates (subject to hydrolysis) is 1. The van der Waals surface area contributed by atoms with Gasteiger partial charge in [0.1, 0.15) is 17.1 Å². The number of benzene rings is 1. The fraction of sp³-hybridized carbons (Fsp3) is 0.529. The van der Waals surface area contributed by atoms with E-state index in [9.17, 15) is 9.59 Å². The number of ether oxygens (including phenoxy) is 3. The van der Waals surface area contributed by atoms with E-state index in [0.29, 0.717) is 17.1 Å². The van der Waals surface area contributed by atoms with Gasteiger partial charge in [0.2, 0.25) is 0 Å². The highest BCUT2D eigenvalue weighted by atomic mass is 16.6. The van der Waals surface area contributed by atoms with E-state index in [1.807, 2.05) is 0 Å². The molecule has 1 unspecified atom stereocenters. The Bertz CT molecular complexity index is 563. The van der Waals surface area contributed by atoms with Crippen LogP contribution in [0.1, 0.15) is 44.5 Å². The highest BCUT2D eigenvalue weighted by Gasteiger charge is 2.21. The van der Waals surface area contributed by atoms with Crippen molar-refractivity contribution in [1.29, 1.82) is 0 Å². The summed E-state index contributed by atoms with van der Waals surface area (Å²) in [5.41, 5.74) is -0.159. The van der Waals surface area contributed by atoms with Crippen LogP contribution in [0.2, 0.25) is 0 Å². The smallest absolute Gasteiger partial charge is 0.407 e. The van der Waals surface area contributed by atoms with E-state index in [0.717, 1.165) is 0 Å². The normalized spacial score (nSPS) is 12.3. The molecule has 128 valence electrons. The quantitative estimate of drug-likeness (QED) is 0.814. The van der Waals surface area contributed by atoms with E-state index in [2.05, 4.69) is 5.32 Å². The van der Waals surface area contributed by atoms with Crippen LogP contribution in [0.15, 0.2) is 18.2 Å². The van der Waals surface area contributed by atoms with Crippen LogP contribution in [0.25, 0.3) is 0 Å². The first-order valence-corrected chi connectivity index (χ1v) is 7.41. The number of amides is 1. The fourth-order valence-corrected chi connectivity index (χ4v) is 1.98. The molecule has 1 rings (SSSR count). The van der Waals surface area contributed by atoms with Crippen molar-refractivity contribution < 1.29 is 23.8 Å². The predicted octanol–water partition coefficient (Wildman–Crippen LogP) is 3.19. The lowest BCUT2D eigenvalue weighted by molar-refractivity contribution is 0.0506. The van der Waals surface area contributed by atoms with Gasteiger partial charge >= 0.3 is 6.09 Å². The molecule has 0 fully saturated rings. The molecular weight excluding hydrogens is 298 g/mol. The number of hydrogen-bond donors (Lipinski definition) is 1. The molecule has 0 bridgehead atoms. The standard InChI is InChI=1S/C17H25NO5/c1-11(18-16(20)23-17(2,3)4)9-14(19)13-10-12(21-5)7-8-15(13)22-6/h7-8,10-11H,9H2,1-6H3,(H,18,20). The van der Waals surface area contributed by atoms with E-state index < -0.39 is 11.7 Å². The lowest BCUT2D eigenvalue weighted by Gasteiger charge is -2.21. The minimum absolute atomic E-state index is 0.128. The Labute approximate surface area is 137 Å². The van der Waals surface area contributed by atoms with E-state index >= 15 is 0 Å². The molecule has 1 amide bonds. The molecule has 1 atom stereocenters. The van der Waals surface area contributed by atoms with Crippen LogP contribution in [0.5, 0.6) is 11.5 Å². The maximum atomic E-state index is 12.4. The lowest BCUT2D eigenvalue weighted by Crippen LogP contribution is -2.38. The first-order chi connectivity index (χ1) is 10.7. The minimum atomic E-state index is -0.580. The summed E-state index contributed by atoms with van der Waals surface area (Å²) < 4.78 is 15.5. The van der Waals surface area contributed by atoms with Gasteiger partial charge in [-0.1, -0.05) is 0 Å². The number of carbonyl (C=O) groups excluding carboxylic acids is 2. The van der Waals surface area contributed by atoms with Gasteiger partial charge in [0.05, 0.1) is 19.8 Å². The Morgan fingerprint density at radius 3 is 2.35 bits per heavy atom. The van der Waals surface area contributed by atoms with Crippen molar-refractivity contribution in [2.45, 2.75) is 45.8 Å². The number of methoxy groups -OCH3 is 2. The van der Waals surface area contributed by atoms with Crippen molar-refractivity contribution in [2.24, 2.45) is 0 Å². The maximum Gasteiger partial charge on any atom is 0.407 e. The van der Waals surface area contributed by atoms with Gasteiger partial charge in [-0.3, -0.25) is 4.79 Å². The summed E-state index contributed by atoms with van der Waals surface area (Å²) in [6.07, 6.45) is -0.418. The van der Waals surface area contributed by atoms with Crippen molar-refractivity contribution >= 4 is 11.9 Å². The molecule has 1 aromatic carbocycles. The fourth-order valence-electron chi connectivity index (χ4n) is 1.98. The first kappa shape index (κ1) is 18.8. The SMILES string of the molecule is COc1ccc(OC)c(C(=O)CC(C)NC(=O)OC(C)(C)C)c1. The van der Waals surface area contributed by atoms with Crippen molar-refractivity contribution in [2.75, 3.05) is 14.2 Å². The lowest BCUT2D eigenvalue weighted by atomic mass is 10.0. The van der Waals surface area contributed by atoms with Crippen molar-refractivity contribution in [3.05, 3.63) is 23.8 Å². The first-order valence-electron chi connectivity index (χ1n) is 7.41. The Balaban J connectivity index is 2.73. The summed E-state index contributed by atoms with van der Waals surface area (Å²) in [4.78, 5) is 24.2. The Morgan fingerprint density at radius 2 is 1.83 bits per heavy atom. The van der Waals surface area contributed by atoms with Gasteiger partial charge in [-0.05, 0) is 45.9 Å². The van der Waals surface area contributed by atoms with Crippen LogP contribution in [-0.4, -0.2) is 37.7 Å². The number of Topliss-reactive ketones (excluding diaryl/α,β-unsaturated/α-hetero) is 1. The summed E-state index contributed by atoms with van der Waals surface area (Å²) in [5.74, 6) is 0.895. The number of ketones is 1. The Hall–Kier alpha value is -2.24. The molecule has 0 spiro atoms. The average Bonchev–Trinajstić information content (AvgIpc) is 2.43. The van der Waals surface area contributed by atoms with E-state index in [4.69, 9.17) is 14.2 Å². The molecule has 0 aliphatic carbocycles. The largest absolute Gasteiger partial charge is 0.497 e. The van der Waals surface area contributed by atoms with Gasteiger partial charge in [0.15, 0.2) is 5.78 Å². The van der Waals surface area contributed by atoms with Crippen molar-refractivity contribution in [1.82, 2.24) is 5.32 Å². The molecule has 0 aliphatic rings. The number of hydrogen-bond acceptors (Lipinski definition) is 5. The molecule has 1 aromatic rings. The zero-order chi connectivity index (χ0) is 17.6. The Morgan fingerprint density at radius 1 is 1.17 bits per heavy atom. The third kappa shape index (κ3) is 6.18. The molecule has 6 nitrogen and oxygen atoms in total. The van der Waals surface area contributed by atoms with Crippen molar-refractivity contribution in [3.63, 3.8) is 0 Å². The van der Waals surface area contributed by atoms with E-state index in [-0.39, 0.29) is 18.2 Å². The predicted molar refractivity (Wildman–Crippen MR) is 87.3 cm³/mol. The van der Waals surface area contributed by atoms with Crippen molar-refractivity contribution in [3.8, 4) is 11.5 Å². The molecule has 23 heavy (non-hydrogen) atoms. The second kappa shape index (κ2) is 7.85. The van der Waals surface area contributed by atoms with Gasteiger partial charge in [-0.25, -0.2) is 4.79 Å². The average molecular weight is 323 g/mol. The second-order valence-corrected chi connectivity index (χ2v) is 6.24. The minimum Gasteiger partial charge on any atom is -0.497 e. The van der Waals surface area contributed by atoms with E-state index in [1.54, 1.807) is 45.9 Å². The molecule has 0 aliphatic heterocycles. The molecule has 0 aromatic heterocycles. The monoisotopic (exact) mass is 323 g/mol. The number of nitrogens with one attached hydrogen (secondary N) is 1. The van der Waals surface area contributed by atoms with Gasteiger partial charge in [-0.2, -0.15) is 0 Å². The summed E-state index contributed by atoms with van der Waals surface area (Å²) in [6, 6.07) is 4.66. The van der Waals surface area contributed by atoms with Crippen LogP contribution in [0.4, 0.5) is 4.79 Å². The molecule has 0 saturated heterocycles. The van der Waals surface area contributed by atoms with Crippen LogP contribution in [0.3, 0.4) is 0 Å². The molecule has 0 radical (unpaired) electrons. The van der Waals surface area contributed by atoms with E-state index in [1.165, 1.54) is 14.2 Å². The molecule has 1 N–H and O–H groups in total. The van der Waals surface area contributed by atoms with Crippen LogP contribution < -0.4 is 14.8 Å². The zero-order valence-electron chi connectivity index (χ0n) is 14.6. The molecule has 0 heterocycles. The highest BCUT2D eigenvalue weighted by Crippen LogP contribution is 2.25. The van der Waals surface area contributed by atoms with Gasteiger partial charge in [-0.15, -0.1) is 0 Å². The number of rotatable bonds is 6. The maximum absolute atomic E-state index is 12.4. The summed E-state index contributed by atoms with van der Waals surface area (Å²) in [6.45, 7) is 7.09. The highest BCUT2D eigenvalue weighted by molar-refractivity contribution is 5.99. The molecular formula is C17H25NO5. The zero-order valence-corrected chi connectivity index (χ0v) is 14.6. The van der Waals surface area contributed by atoms with Gasteiger partial charge in [0, 0.05) is 12.5 Å². The van der Waals surface area contributed by atoms with Gasteiger partial charge < -0.3 is 19.5 Å². The third-order valence-electron chi connectivity index (χ3n) is 2.96. The third-order valence-corrected chi connectivity index (χ3v) is 2.96. The molecule has 0 saturated carbocycles. The number of carbonyl (C=O) groups is 2. The van der Waals surface area contributed by atoms with Crippen LogP contribution in [0, 0.1) is 0 Å². The summed E-state index contributed by atoms with van der Waals surface area (Å²) in [5, 5.41) is 2.65. The van der Waals surface area contributed by atoms with Crippen LogP contribution in [-0.2, 0) is 4.74 Å². The second-order valence-electron chi connectivity index (χ2n) is 6.24. The molecule has 6 heteroatoms. The van der Waals surface area contributed by atoms with Crippen LogP contribution >= 0.6 is 0 Å².